The number of carbonyl (C=O) groups excluding carboxylic acids is 2. The lowest BCUT2D eigenvalue weighted by molar-refractivity contribution is -0.161. The molecule has 10 heteroatoms. The smallest absolute Gasteiger partial charge is 0.462 e. The minimum absolute atomic E-state index is 0.0446. The van der Waals surface area contributed by atoms with Crippen LogP contribution in [0.2, 0.25) is 0 Å². The standard InChI is InChI=1S/C70H126NO8P/c1-3-5-7-9-11-13-15-17-19-21-23-25-27-29-30-31-32-33-34-35-36-37-39-40-42-44-46-48-50-52-54-56-58-60-62-69(72)76-66-68(67-78-80(74,75)77-65-64-71)79-70(73)63-61-59-57-55-53-51-49-47-45-43-41-38-28-26-24-22-20-18-16-14-12-10-8-6-4-2/h6,8,12,14,18,20,24,26,38,41,45,47,51,53,68H,3-5,7,9-11,13,15-17,19,21-23,25,27-37,39-40,42-44,46,48-50,52,54-67,71H2,1-2H3,(H,74,75)/b8-6-,14-12-,20-18-,26-24-,41-38-,47-45-,53-51-. The molecule has 3 N–H and O–H groups in total. The average molecular weight is 1140 g/mol. The maximum absolute atomic E-state index is 12.7. The number of esters is 2. The third kappa shape index (κ3) is 64.4. The number of nitrogens with two attached hydrogens (primary N) is 1. The van der Waals surface area contributed by atoms with Crippen LogP contribution in [0.3, 0.4) is 0 Å². The topological polar surface area (TPSA) is 134 Å². The highest BCUT2D eigenvalue weighted by atomic mass is 31.2. The van der Waals surface area contributed by atoms with Crippen molar-refractivity contribution in [2.24, 2.45) is 5.73 Å². The molecule has 0 aliphatic heterocycles. The van der Waals surface area contributed by atoms with Gasteiger partial charge in [-0.05, 0) is 70.6 Å². The largest absolute Gasteiger partial charge is 0.472 e. The summed E-state index contributed by atoms with van der Waals surface area (Å²) in [5.41, 5.74) is 5.39. The fraction of sp³-hybridized carbons (Fsp3) is 0.771. The van der Waals surface area contributed by atoms with Crippen LogP contribution in [0.4, 0.5) is 0 Å². The molecule has 0 aromatic carbocycles. The molecule has 0 aromatic rings. The van der Waals surface area contributed by atoms with Gasteiger partial charge in [-0.2, -0.15) is 0 Å². The Morgan fingerprint density at radius 3 is 1.02 bits per heavy atom. The van der Waals surface area contributed by atoms with E-state index in [1.807, 2.05) is 0 Å². The van der Waals surface area contributed by atoms with Crippen molar-refractivity contribution in [3.63, 3.8) is 0 Å². The summed E-state index contributed by atoms with van der Waals surface area (Å²) in [4.78, 5) is 35.3. The lowest BCUT2D eigenvalue weighted by Gasteiger charge is -2.19. The molecule has 0 rings (SSSR count). The molecule has 0 amide bonds. The van der Waals surface area contributed by atoms with E-state index in [-0.39, 0.29) is 38.6 Å². The van der Waals surface area contributed by atoms with Crippen molar-refractivity contribution >= 4 is 19.8 Å². The average Bonchev–Trinajstić information content (AvgIpc) is 3.45. The first-order valence-corrected chi connectivity index (χ1v) is 35.1. The quantitative estimate of drug-likeness (QED) is 0.0264. The summed E-state index contributed by atoms with van der Waals surface area (Å²) in [5.74, 6) is -0.859. The van der Waals surface area contributed by atoms with E-state index in [4.69, 9.17) is 24.3 Å². The number of hydrogen-bond donors (Lipinski definition) is 2. The summed E-state index contributed by atoms with van der Waals surface area (Å²) >= 11 is 0. The zero-order valence-corrected chi connectivity index (χ0v) is 52.9. The van der Waals surface area contributed by atoms with Gasteiger partial charge in [0.25, 0.3) is 0 Å². The summed E-state index contributed by atoms with van der Waals surface area (Å²) in [5, 5.41) is 0. The Hall–Kier alpha value is -2.81. The molecule has 0 aromatic heterocycles. The Balaban J connectivity index is 3.90. The number of phosphoric acid groups is 1. The van der Waals surface area contributed by atoms with E-state index in [9.17, 15) is 19.0 Å². The molecule has 0 saturated heterocycles. The molecule has 0 aliphatic carbocycles. The predicted molar refractivity (Wildman–Crippen MR) is 344 cm³/mol. The van der Waals surface area contributed by atoms with Gasteiger partial charge in [0, 0.05) is 19.4 Å². The normalized spacial score (nSPS) is 13.5. The van der Waals surface area contributed by atoms with Crippen molar-refractivity contribution in [3.05, 3.63) is 85.1 Å². The van der Waals surface area contributed by atoms with Crippen LogP contribution < -0.4 is 5.73 Å². The highest BCUT2D eigenvalue weighted by Crippen LogP contribution is 2.43. The monoisotopic (exact) mass is 1140 g/mol. The van der Waals surface area contributed by atoms with Crippen molar-refractivity contribution in [2.75, 3.05) is 26.4 Å². The maximum Gasteiger partial charge on any atom is 0.472 e. The van der Waals surface area contributed by atoms with Crippen LogP contribution >= 0.6 is 7.82 Å². The molecule has 2 atom stereocenters. The number of phosphoric ester groups is 1. The molecule has 0 heterocycles. The second-order valence-corrected chi connectivity index (χ2v) is 23.8. The van der Waals surface area contributed by atoms with Gasteiger partial charge in [0.05, 0.1) is 13.2 Å². The van der Waals surface area contributed by atoms with Gasteiger partial charge in [-0.1, -0.05) is 317 Å². The Morgan fingerprint density at radius 2 is 0.688 bits per heavy atom. The summed E-state index contributed by atoms with van der Waals surface area (Å²) in [6.07, 6.45) is 86.9. The first-order chi connectivity index (χ1) is 39.3. The summed E-state index contributed by atoms with van der Waals surface area (Å²) in [7, 11) is -4.41. The van der Waals surface area contributed by atoms with Gasteiger partial charge in [0.15, 0.2) is 6.10 Å². The van der Waals surface area contributed by atoms with Crippen LogP contribution in [0.25, 0.3) is 0 Å². The van der Waals surface area contributed by atoms with Crippen LogP contribution in [0.5, 0.6) is 0 Å². The number of rotatable bonds is 63. The van der Waals surface area contributed by atoms with E-state index in [2.05, 4.69) is 98.9 Å². The minimum Gasteiger partial charge on any atom is -0.462 e. The van der Waals surface area contributed by atoms with Gasteiger partial charge in [-0.25, -0.2) is 4.57 Å². The molecule has 80 heavy (non-hydrogen) atoms. The van der Waals surface area contributed by atoms with Gasteiger partial charge in [0.2, 0.25) is 0 Å². The molecule has 0 fully saturated rings. The van der Waals surface area contributed by atoms with Crippen molar-refractivity contribution in [2.45, 2.75) is 322 Å². The zero-order valence-electron chi connectivity index (χ0n) is 52.1. The minimum atomic E-state index is -4.41. The Kier molecular flexibility index (Phi) is 63.0. The van der Waals surface area contributed by atoms with E-state index < -0.39 is 26.5 Å². The molecule has 9 nitrogen and oxygen atoms in total. The van der Waals surface area contributed by atoms with Crippen molar-refractivity contribution in [1.82, 2.24) is 0 Å². The van der Waals surface area contributed by atoms with Crippen molar-refractivity contribution < 1.29 is 37.6 Å². The Labute approximate surface area is 494 Å². The van der Waals surface area contributed by atoms with Crippen LogP contribution in [0.15, 0.2) is 85.1 Å². The fourth-order valence-electron chi connectivity index (χ4n) is 9.62. The van der Waals surface area contributed by atoms with Crippen LogP contribution in [0, 0.1) is 0 Å². The predicted octanol–water partition coefficient (Wildman–Crippen LogP) is 21.8. The van der Waals surface area contributed by atoms with E-state index in [1.54, 1.807) is 0 Å². The zero-order chi connectivity index (χ0) is 58.0. The molecule has 2 unspecified atom stereocenters. The Morgan fingerprint density at radius 1 is 0.388 bits per heavy atom. The van der Waals surface area contributed by atoms with Crippen LogP contribution in [-0.4, -0.2) is 49.3 Å². The number of carbonyl (C=O) groups is 2. The van der Waals surface area contributed by atoms with Crippen molar-refractivity contribution in [1.29, 1.82) is 0 Å². The molecule has 464 valence electrons. The summed E-state index contributed by atoms with van der Waals surface area (Å²) in [6.45, 7) is 3.63. The second kappa shape index (κ2) is 65.3. The van der Waals surface area contributed by atoms with Gasteiger partial charge >= 0.3 is 19.8 Å². The van der Waals surface area contributed by atoms with Gasteiger partial charge in [-0.3, -0.25) is 18.6 Å². The maximum atomic E-state index is 12.7. The number of ether oxygens (including phenoxy) is 2. The third-order valence-electron chi connectivity index (χ3n) is 14.5. The van der Waals surface area contributed by atoms with Gasteiger partial charge in [0.1, 0.15) is 6.61 Å². The molecule has 0 radical (unpaired) electrons. The lowest BCUT2D eigenvalue weighted by atomic mass is 10.0. The molecule has 0 aliphatic rings. The van der Waals surface area contributed by atoms with E-state index in [0.29, 0.717) is 6.42 Å². The van der Waals surface area contributed by atoms with E-state index >= 15 is 0 Å². The SMILES string of the molecule is CC/C=C\C/C=C\C/C=C\C/C=C\C/C=C\C/C=C\C/C=C\CCCCCC(=O)OC(COC(=O)CCCCCCCCCCCCCCCCCCCCCCCCCCCCCCCCCCCC)COP(=O)(O)OCCN. The molecule has 0 saturated carbocycles. The van der Waals surface area contributed by atoms with Gasteiger partial charge in [-0.15, -0.1) is 0 Å². The first kappa shape index (κ1) is 77.2. The molecular weight excluding hydrogens is 1010 g/mol. The van der Waals surface area contributed by atoms with Crippen LogP contribution in [-0.2, 0) is 32.7 Å². The molecular formula is C70H126NO8P. The Bertz CT molecular complexity index is 1590. The first-order valence-electron chi connectivity index (χ1n) is 33.6. The number of hydrogen-bond acceptors (Lipinski definition) is 8. The molecule has 0 spiro atoms. The van der Waals surface area contributed by atoms with Crippen LogP contribution in [0.1, 0.15) is 316 Å². The second-order valence-electron chi connectivity index (χ2n) is 22.3. The fourth-order valence-corrected chi connectivity index (χ4v) is 10.4. The van der Waals surface area contributed by atoms with Gasteiger partial charge < -0.3 is 20.1 Å². The van der Waals surface area contributed by atoms with E-state index in [1.165, 1.54) is 199 Å². The molecule has 0 bridgehead atoms. The highest BCUT2D eigenvalue weighted by Gasteiger charge is 2.26. The van der Waals surface area contributed by atoms with E-state index in [0.717, 1.165) is 83.5 Å². The lowest BCUT2D eigenvalue weighted by Crippen LogP contribution is -2.29. The highest BCUT2D eigenvalue weighted by molar-refractivity contribution is 7.47. The summed E-state index contributed by atoms with van der Waals surface area (Å²) < 4.78 is 33.1. The van der Waals surface area contributed by atoms with Crippen molar-refractivity contribution in [3.8, 4) is 0 Å². The summed E-state index contributed by atoms with van der Waals surface area (Å²) in [6, 6.07) is 0. The number of allylic oxidation sites excluding steroid dienone is 14. The third-order valence-corrected chi connectivity index (χ3v) is 15.5. The number of unbranched alkanes of at least 4 members (excludes halogenated alkanes) is 36.